The van der Waals surface area contributed by atoms with Gasteiger partial charge in [-0.2, -0.15) is 0 Å². The molecule has 1 heterocycles. The molecule has 0 aliphatic carbocycles. The molecule has 1 aromatic carbocycles. The molecule has 8 heteroatoms. The predicted octanol–water partition coefficient (Wildman–Crippen LogP) is 1.63. The van der Waals surface area contributed by atoms with E-state index in [1.165, 1.54) is 13.2 Å². The van der Waals surface area contributed by atoms with Crippen LogP contribution in [-0.2, 0) is 37.3 Å². The first kappa shape index (κ1) is 23.6. The zero-order valence-electron chi connectivity index (χ0n) is 17.7. The molecule has 30 heavy (non-hydrogen) atoms. The average molecular weight is 419 g/mol. The number of hydrogen-bond donors (Lipinski definition) is 0. The van der Waals surface area contributed by atoms with Crippen molar-refractivity contribution in [1.82, 2.24) is 4.57 Å². The topological polar surface area (TPSA) is 72.0 Å². The number of ether oxygens (including phenoxy) is 5. The zero-order valence-corrected chi connectivity index (χ0v) is 17.7. The first-order valence-electron chi connectivity index (χ1n) is 9.90. The van der Waals surface area contributed by atoms with Crippen molar-refractivity contribution < 1.29 is 33.0 Å². The molecule has 2 rings (SSSR count). The summed E-state index contributed by atoms with van der Waals surface area (Å²) in [7, 11) is 3.34. The molecule has 0 fully saturated rings. The molecule has 2 aromatic rings. The van der Waals surface area contributed by atoms with E-state index in [1.54, 1.807) is 6.08 Å². The number of esters is 1. The van der Waals surface area contributed by atoms with Crippen molar-refractivity contribution in [1.29, 1.82) is 0 Å². The number of methoxy groups -OCH3 is 1. The zero-order chi connectivity index (χ0) is 21.4. The van der Waals surface area contributed by atoms with Gasteiger partial charge in [-0.05, 0) is 23.8 Å². The van der Waals surface area contributed by atoms with Crippen molar-refractivity contribution in [3.63, 3.8) is 0 Å². The molecule has 0 saturated carbocycles. The molecular formula is C22H31N2O6+. The smallest absolute Gasteiger partial charge is 0.330 e. The lowest BCUT2D eigenvalue weighted by molar-refractivity contribution is -0.671. The normalized spacial score (nSPS) is 11.1. The lowest BCUT2D eigenvalue weighted by atomic mass is 10.2. The highest BCUT2D eigenvalue weighted by Crippen LogP contribution is 2.13. The van der Waals surface area contributed by atoms with Crippen molar-refractivity contribution in [2.45, 2.75) is 6.54 Å². The van der Waals surface area contributed by atoms with Crippen molar-refractivity contribution in [2.24, 2.45) is 7.05 Å². The maximum absolute atomic E-state index is 11.1. The van der Waals surface area contributed by atoms with Crippen molar-refractivity contribution in [3.8, 4) is 5.75 Å². The molecule has 0 bridgehead atoms. The van der Waals surface area contributed by atoms with E-state index in [9.17, 15) is 4.79 Å². The van der Waals surface area contributed by atoms with E-state index < -0.39 is 0 Å². The largest absolute Gasteiger partial charge is 0.491 e. The van der Waals surface area contributed by atoms with E-state index in [0.717, 1.165) is 17.9 Å². The van der Waals surface area contributed by atoms with Crippen molar-refractivity contribution in [3.05, 3.63) is 54.6 Å². The second-order valence-corrected chi connectivity index (χ2v) is 6.43. The maximum atomic E-state index is 11.1. The monoisotopic (exact) mass is 419 g/mol. The first-order chi connectivity index (χ1) is 14.7. The van der Waals surface area contributed by atoms with Crippen LogP contribution < -0.4 is 9.30 Å². The van der Waals surface area contributed by atoms with Crippen LogP contribution >= 0.6 is 0 Å². The highest BCUT2D eigenvalue weighted by atomic mass is 16.6. The van der Waals surface area contributed by atoms with Gasteiger partial charge >= 0.3 is 5.97 Å². The molecule has 0 radical (unpaired) electrons. The van der Waals surface area contributed by atoms with E-state index in [2.05, 4.69) is 9.30 Å². The van der Waals surface area contributed by atoms with Crippen LogP contribution in [0, 0.1) is 0 Å². The minimum atomic E-state index is -0.383. The number of carbonyl (C=O) groups is 1. The van der Waals surface area contributed by atoms with Crippen molar-refractivity contribution in [2.75, 3.05) is 53.4 Å². The van der Waals surface area contributed by atoms with Gasteiger partial charge in [0.05, 0.1) is 53.8 Å². The number of rotatable bonds is 15. The standard InChI is InChI=1S/C22H31N2O6/c1-23-9-10-24(19-23)11-12-27-13-14-28-15-16-29-17-18-30-21-6-3-20(4-7-21)5-8-22(25)26-2/h3-10,19H,11-18H2,1-2H3/q+1/b8-5+. The summed E-state index contributed by atoms with van der Waals surface area (Å²) in [6.45, 7) is 4.59. The van der Waals surface area contributed by atoms with Gasteiger partial charge in [0.1, 0.15) is 31.3 Å². The fourth-order valence-corrected chi connectivity index (χ4v) is 2.47. The summed E-state index contributed by atoms with van der Waals surface area (Å²) in [4.78, 5) is 11.1. The van der Waals surface area contributed by atoms with E-state index in [0.29, 0.717) is 46.2 Å². The third-order valence-electron chi connectivity index (χ3n) is 4.05. The molecule has 1 aromatic heterocycles. The van der Waals surface area contributed by atoms with Crippen LogP contribution in [-0.4, -0.2) is 63.9 Å². The fraction of sp³-hybridized carbons (Fsp3) is 0.455. The Hall–Kier alpha value is -2.68. The number of aromatic nitrogens is 2. The summed E-state index contributed by atoms with van der Waals surface area (Å²) in [5.41, 5.74) is 0.893. The third kappa shape index (κ3) is 10.2. The molecule has 0 atom stereocenters. The van der Waals surface area contributed by atoms with E-state index in [-0.39, 0.29) is 5.97 Å². The number of imidazole rings is 1. The van der Waals surface area contributed by atoms with Crippen LogP contribution in [0.1, 0.15) is 5.56 Å². The molecule has 0 aliphatic heterocycles. The lowest BCUT2D eigenvalue weighted by Gasteiger charge is -2.08. The SMILES string of the molecule is COC(=O)/C=C/c1ccc(OCCOCCOCCOCCn2cc[n+](C)c2)cc1. The molecular weight excluding hydrogens is 388 g/mol. The summed E-state index contributed by atoms with van der Waals surface area (Å²) in [6, 6.07) is 7.42. The van der Waals surface area contributed by atoms with E-state index >= 15 is 0 Å². The van der Waals surface area contributed by atoms with Gasteiger partial charge in [0.2, 0.25) is 6.33 Å². The second kappa shape index (κ2) is 14.3. The third-order valence-corrected chi connectivity index (χ3v) is 4.05. The van der Waals surface area contributed by atoms with Crippen LogP contribution in [0.3, 0.4) is 0 Å². The Morgan fingerprint density at radius 3 is 2.20 bits per heavy atom. The molecule has 0 amide bonds. The Bertz CT molecular complexity index is 757. The molecule has 0 unspecified atom stereocenters. The molecule has 0 N–H and O–H groups in total. The minimum Gasteiger partial charge on any atom is -0.491 e. The van der Waals surface area contributed by atoms with Crippen LogP contribution in [0.25, 0.3) is 6.08 Å². The summed E-state index contributed by atoms with van der Waals surface area (Å²) < 4.78 is 30.7. The molecule has 0 aliphatic rings. The quantitative estimate of drug-likeness (QED) is 0.189. The molecule has 164 valence electrons. The fourth-order valence-electron chi connectivity index (χ4n) is 2.47. The number of hydrogen-bond acceptors (Lipinski definition) is 6. The van der Waals surface area contributed by atoms with Crippen molar-refractivity contribution >= 4 is 12.0 Å². The van der Waals surface area contributed by atoms with Gasteiger partial charge in [-0.15, -0.1) is 0 Å². The Kier molecular flexibility index (Phi) is 11.3. The molecule has 0 saturated heterocycles. The highest BCUT2D eigenvalue weighted by molar-refractivity contribution is 5.86. The number of benzene rings is 1. The van der Waals surface area contributed by atoms with Gasteiger partial charge in [0, 0.05) is 6.08 Å². The Balaban J connectivity index is 1.40. The highest BCUT2D eigenvalue weighted by Gasteiger charge is 1.99. The minimum absolute atomic E-state index is 0.383. The first-order valence-corrected chi connectivity index (χ1v) is 9.90. The summed E-state index contributed by atoms with van der Waals surface area (Å²) in [5.74, 6) is 0.363. The summed E-state index contributed by atoms with van der Waals surface area (Å²) in [5, 5.41) is 0. The average Bonchev–Trinajstić information content (AvgIpc) is 3.18. The van der Waals surface area contributed by atoms with E-state index in [4.69, 9.17) is 18.9 Å². The summed E-state index contributed by atoms with van der Waals surface area (Å²) in [6.07, 6.45) is 9.09. The molecule has 0 spiro atoms. The van der Waals surface area contributed by atoms with Gasteiger partial charge in [0.25, 0.3) is 0 Å². The maximum Gasteiger partial charge on any atom is 0.330 e. The van der Waals surface area contributed by atoms with Crippen LogP contribution in [0.4, 0.5) is 0 Å². The molecule has 8 nitrogen and oxygen atoms in total. The number of aryl methyl sites for hydroxylation is 1. The predicted molar refractivity (Wildman–Crippen MR) is 111 cm³/mol. The van der Waals surface area contributed by atoms with Gasteiger partial charge in [-0.3, -0.25) is 0 Å². The number of carbonyl (C=O) groups excluding carboxylic acids is 1. The Morgan fingerprint density at radius 2 is 1.60 bits per heavy atom. The Labute approximate surface area is 177 Å². The lowest BCUT2D eigenvalue weighted by Crippen LogP contribution is -2.24. The summed E-state index contributed by atoms with van der Waals surface area (Å²) >= 11 is 0. The van der Waals surface area contributed by atoms with Gasteiger partial charge in [-0.25, -0.2) is 13.9 Å². The second-order valence-electron chi connectivity index (χ2n) is 6.43. The van der Waals surface area contributed by atoms with Gasteiger partial charge in [-0.1, -0.05) is 12.1 Å². The van der Waals surface area contributed by atoms with Gasteiger partial charge in [0.15, 0.2) is 0 Å². The number of nitrogens with zero attached hydrogens (tertiary/aromatic N) is 2. The Morgan fingerprint density at radius 1 is 0.967 bits per heavy atom. The van der Waals surface area contributed by atoms with Crippen LogP contribution in [0.15, 0.2) is 49.1 Å². The van der Waals surface area contributed by atoms with Crippen LogP contribution in [0.5, 0.6) is 5.75 Å². The van der Waals surface area contributed by atoms with E-state index in [1.807, 2.05) is 54.6 Å². The van der Waals surface area contributed by atoms with Crippen LogP contribution in [0.2, 0.25) is 0 Å². The van der Waals surface area contributed by atoms with Gasteiger partial charge < -0.3 is 23.7 Å².